The maximum Gasteiger partial charge on any atom is 0.136 e. The Morgan fingerprint density at radius 2 is 1.08 bits per heavy atom. The van der Waals surface area contributed by atoms with Gasteiger partial charge in [0.25, 0.3) is 0 Å². The number of rotatable bonds is 6. The van der Waals surface area contributed by atoms with Crippen molar-refractivity contribution in [1.29, 1.82) is 0 Å². The van der Waals surface area contributed by atoms with Crippen molar-refractivity contribution in [3.8, 4) is 22.3 Å². The third-order valence-electron chi connectivity index (χ3n) is 13.9. The number of furan rings is 1. The molecule has 0 amide bonds. The van der Waals surface area contributed by atoms with Gasteiger partial charge < -0.3 is 4.42 Å². The summed E-state index contributed by atoms with van der Waals surface area (Å²) in [6.07, 6.45) is 5.20. The van der Waals surface area contributed by atoms with Gasteiger partial charge in [-0.1, -0.05) is 188 Å². The molecule has 0 spiro atoms. The van der Waals surface area contributed by atoms with E-state index in [4.69, 9.17) is 9.41 Å². The number of aliphatic imine (C=N–C) groups is 1. The molecule has 0 bridgehead atoms. The molecular formula is C63H47NO. The number of allylic oxidation sites excluding steroid dienone is 3. The minimum Gasteiger partial charge on any atom is -0.456 e. The fourth-order valence-electron chi connectivity index (χ4n) is 10.6. The number of hydrogen-bond donors (Lipinski definition) is 0. The lowest BCUT2D eigenvalue weighted by Gasteiger charge is -2.21. The summed E-state index contributed by atoms with van der Waals surface area (Å²) in [5, 5.41) is 12.2. The number of nitrogens with zero attached hydrogens (tertiary/aromatic N) is 1. The largest absolute Gasteiger partial charge is 0.456 e. The first-order valence-corrected chi connectivity index (χ1v) is 23.0. The Morgan fingerprint density at radius 3 is 1.91 bits per heavy atom. The molecule has 0 radical (unpaired) electrons. The summed E-state index contributed by atoms with van der Waals surface area (Å²) in [7, 11) is 0. The quantitative estimate of drug-likeness (QED) is 0.153. The Bertz CT molecular complexity index is 3770. The smallest absolute Gasteiger partial charge is 0.136 e. The van der Waals surface area contributed by atoms with E-state index in [0.29, 0.717) is 0 Å². The molecule has 11 aromatic rings. The van der Waals surface area contributed by atoms with Crippen molar-refractivity contribution in [2.45, 2.75) is 33.1 Å². The van der Waals surface area contributed by atoms with Crippen LogP contribution in [0.1, 0.15) is 49.8 Å². The van der Waals surface area contributed by atoms with Crippen LogP contribution in [0.3, 0.4) is 0 Å². The molecule has 310 valence electrons. The summed E-state index contributed by atoms with van der Waals surface area (Å²) in [4.78, 5) is 5.72. The molecule has 1 atom stereocenters. The third-order valence-corrected chi connectivity index (χ3v) is 13.9. The van der Waals surface area contributed by atoms with Gasteiger partial charge >= 0.3 is 0 Å². The van der Waals surface area contributed by atoms with Gasteiger partial charge in [0.2, 0.25) is 0 Å². The van der Waals surface area contributed by atoms with Crippen molar-refractivity contribution in [3.63, 3.8) is 0 Å². The summed E-state index contributed by atoms with van der Waals surface area (Å²) in [5.74, 6) is 0.151. The molecule has 1 aliphatic rings. The first-order chi connectivity index (χ1) is 32.1. The number of hydrogen-bond acceptors (Lipinski definition) is 2. The van der Waals surface area contributed by atoms with E-state index in [1.165, 1.54) is 82.1 Å². The van der Waals surface area contributed by atoms with Crippen molar-refractivity contribution < 1.29 is 4.42 Å². The zero-order valence-corrected chi connectivity index (χ0v) is 36.7. The number of fused-ring (bicyclic) bond motifs is 8. The van der Waals surface area contributed by atoms with Gasteiger partial charge in [-0.05, 0) is 139 Å². The topological polar surface area (TPSA) is 25.5 Å². The van der Waals surface area contributed by atoms with E-state index in [2.05, 4.69) is 220 Å². The molecule has 0 N–H and O–H groups in total. The van der Waals surface area contributed by atoms with Gasteiger partial charge in [-0.3, -0.25) is 4.99 Å². The Balaban J connectivity index is 1.03. The lowest BCUT2D eigenvalue weighted by molar-refractivity contribution is 0.669. The van der Waals surface area contributed by atoms with Crippen LogP contribution in [0.15, 0.2) is 221 Å². The molecule has 0 saturated carbocycles. The zero-order chi connectivity index (χ0) is 43.4. The average molecular weight is 834 g/mol. The molecule has 12 rings (SSSR count). The van der Waals surface area contributed by atoms with Crippen molar-refractivity contribution in [1.82, 2.24) is 0 Å². The molecule has 1 unspecified atom stereocenters. The molecule has 2 heteroatoms. The summed E-state index contributed by atoms with van der Waals surface area (Å²) in [5.41, 5.74) is 15.0. The molecule has 2 heterocycles. The maximum atomic E-state index is 6.59. The first-order valence-electron chi connectivity index (χ1n) is 23.0. The highest BCUT2D eigenvalue weighted by atomic mass is 16.3. The second-order valence-electron chi connectivity index (χ2n) is 17.7. The van der Waals surface area contributed by atoms with E-state index >= 15 is 0 Å². The molecule has 2 nitrogen and oxygen atoms in total. The first kappa shape index (κ1) is 38.8. The average Bonchev–Trinajstić information content (AvgIpc) is 3.77. The van der Waals surface area contributed by atoms with Crippen LogP contribution in [-0.4, -0.2) is 5.71 Å². The highest BCUT2D eigenvalue weighted by Crippen LogP contribution is 2.44. The second-order valence-corrected chi connectivity index (χ2v) is 17.7. The van der Waals surface area contributed by atoms with E-state index in [1.54, 1.807) is 0 Å². The van der Waals surface area contributed by atoms with Gasteiger partial charge in [0.15, 0.2) is 0 Å². The minimum atomic E-state index is 0.151. The van der Waals surface area contributed by atoms with Crippen LogP contribution in [0.25, 0.3) is 98.6 Å². The van der Waals surface area contributed by atoms with Gasteiger partial charge in [-0.25, -0.2) is 0 Å². The van der Waals surface area contributed by atoms with Gasteiger partial charge in [-0.2, -0.15) is 0 Å². The van der Waals surface area contributed by atoms with Crippen molar-refractivity contribution >= 4 is 82.0 Å². The summed E-state index contributed by atoms with van der Waals surface area (Å²) >= 11 is 0. The zero-order valence-electron chi connectivity index (χ0n) is 36.7. The van der Waals surface area contributed by atoms with Gasteiger partial charge in [0.05, 0.1) is 5.70 Å². The molecule has 0 fully saturated rings. The fourth-order valence-corrected chi connectivity index (χ4v) is 10.6. The van der Waals surface area contributed by atoms with Crippen LogP contribution in [-0.2, 0) is 0 Å². The molecule has 10 aromatic carbocycles. The molecular weight excluding hydrogens is 787 g/mol. The second kappa shape index (κ2) is 16.1. The van der Waals surface area contributed by atoms with E-state index in [9.17, 15) is 0 Å². The van der Waals surface area contributed by atoms with Crippen LogP contribution < -0.4 is 0 Å². The lowest BCUT2D eigenvalue weighted by Crippen LogP contribution is -2.04. The Hall–Kier alpha value is -7.81. The summed E-state index contributed by atoms with van der Waals surface area (Å²) < 4.78 is 6.59. The van der Waals surface area contributed by atoms with Gasteiger partial charge in [0, 0.05) is 28.0 Å². The van der Waals surface area contributed by atoms with Gasteiger partial charge in [0.1, 0.15) is 11.2 Å². The standard InChI is InChI=1S/C63H47NO/c1-3-41-39-59(64-58(45-16-5-4-6-17-45)34-24-40(2)62(41)49-30-28-44-27-26-43-15-9-10-19-50(43)56(44)38-49)54-33-32-53(51-20-11-12-21-52(51)54)55-22-13-23-61-63(55)57-37-48(31-35-60(57)65-61)47-29-25-42-14-7-8-18-46(42)36-47/h4-23,25-33,35-39,41H,3,24,34H2,1-2H3/b59-39-,62-40-,64-58+. The van der Waals surface area contributed by atoms with Crippen molar-refractivity contribution in [3.05, 3.63) is 229 Å². The Kier molecular flexibility index (Phi) is 9.60. The minimum absolute atomic E-state index is 0.151. The van der Waals surface area contributed by atoms with Crippen molar-refractivity contribution in [2.24, 2.45) is 10.9 Å². The molecule has 1 aliphatic heterocycles. The molecule has 1 aromatic heterocycles. The summed E-state index contributed by atoms with van der Waals surface area (Å²) in [6.45, 7) is 4.67. The highest BCUT2D eigenvalue weighted by molar-refractivity contribution is 6.17. The van der Waals surface area contributed by atoms with Crippen molar-refractivity contribution in [2.75, 3.05) is 0 Å². The van der Waals surface area contributed by atoms with E-state index in [1.807, 2.05) is 0 Å². The van der Waals surface area contributed by atoms with Crippen LogP contribution >= 0.6 is 0 Å². The normalized spacial score (nSPS) is 17.5. The monoisotopic (exact) mass is 833 g/mol. The fraction of sp³-hybridized carbons (Fsp3) is 0.0952. The van der Waals surface area contributed by atoms with E-state index in [0.717, 1.165) is 63.7 Å². The van der Waals surface area contributed by atoms with Crippen LogP contribution in [0.2, 0.25) is 0 Å². The van der Waals surface area contributed by atoms with Gasteiger partial charge in [-0.15, -0.1) is 0 Å². The predicted molar refractivity (Wildman–Crippen MR) is 278 cm³/mol. The third kappa shape index (κ3) is 6.85. The predicted octanol–water partition coefficient (Wildman–Crippen LogP) is 17.7. The molecule has 65 heavy (non-hydrogen) atoms. The Morgan fingerprint density at radius 1 is 0.446 bits per heavy atom. The molecule has 0 saturated heterocycles. The van der Waals surface area contributed by atoms with E-state index in [-0.39, 0.29) is 5.92 Å². The Labute approximate surface area is 379 Å². The SMILES string of the molecule is CCC1/C=C(c2ccc(-c3cccc4oc5ccc(-c6ccc7ccccc7c6)cc5c34)c3ccccc23)\N=C(\c2ccccc2)CC/C(C)=C/1c1ccc2ccc3ccccc3c2c1. The van der Waals surface area contributed by atoms with Crippen LogP contribution in [0, 0.1) is 5.92 Å². The highest BCUT2D eigenvalue weighted by Gasteiger charge is 2.23. The number of benzene rings is 10. The molecule has 0 aliphatic carbocycles. The van der Waals surface area contributed by atoms with Crippen LogP contribution in [0.4, 0.5) is 0 Å². The lowest BCUT2D eigenvalue weighted by atomic mass is 9.83. The summed E-state index contributed by atoms with van der Waals surface area (Å²) in [6, 6.07) is 73.1. The van der Waals surface area contributed by atoms with Crippen LogP contribution in [0.5, 0.6) is 0 Å². The maximum absolute atomic E-state index is 6.59. The van der Waals surface area contributed by atoms with E-state index < -0.39 is 0 Å².